The number of amides is 1. The van der Waals surface area contributed by atoms with Gasteiger partial charge in [0.2, 0.25) is 5.91 Å². The summed E-state index contributed by atoms with van der Waals surface area (Å²) in [4.78, 5) is 11.4. The molecule has 0 heterocycles. The molecule has 0 rings (SSSR count). The Morgan fingerprint density at radius 1 is 0.857 bits per heavy atom. The van der Waals surface area contributed by atoms with Gasteiger partial charge in [-0.1, -0.05) is 77.6 Å². The van der Waals surface area contributed by atoms with Crippen molar-refractivity contribution in [2.45, 2.75) is 90.0 Å². The number of hydrogen-bond acceptors (Lipinski definition) is 3. The zero-order valence-corrected chi connectivity index (χ0v) is 14.0. The van der Waals surface area contributed by atoms with Crippen molar-refractivity contribution in [3.63, 3.8) is 0 Å². The topological polar surface area (TPSA) is 81.1 Å². The molecule has 21 heavy (non-hydrogen) atoms. The van der Waals surface area contributed by atoms with E-state index in [9.17, 15) is 4.79 Å². The number of hydrogen-bond donors (Lipinski definition) is 3. The van der Waals surface area contributed by atoms with Crippen LogP contribution in [0.1, 0.15) is 84.0 Å². The first kappa shape index (κ1) is 20.4. The Balaban J connectivity index is 3.11. The van der Waals surface area contributed by atoms with Crippen molar-refractivity contribution in [2.75, 3.05) is 13.1 Å². The molecule has 5 N–H and O–H groups in total. The van der Waals surface area contributed by atoms with Crippen LogP contribution in [0.3, 0.4) is 0 Å². The molecule has 0 spiro atoms. The summed E-state index contributed by atoms with van der Waals surface area (Å²) in [6.07, 6.45) is 15.9. The summed E-state index contributed by atoms with van der Waals surface area (Å²) in [6, 6.07) is -0.553. The van der Waals surface area contributed by atoms with Crippen molar-refractivity contribution >= 4 is 5.91 Å². The van der Waals surface area contributed by atoms with Gasteiger partial charge in [0.1, 0.15) is 0 Å². The van der Waals surface area contributed by atoms with E-state index in [-0.39, 0.29) is 12.5 Å². The molecule has 0 aromatic rings. The van der Waals surface area contributed by atoms with Crippen molar-refractivity contribution < 1.29 is 4.79 Å². The van der Waals surface area contributed by atoms with Crippen LogP contribution in [0.25, 0.3) is 0 Å². The number of nitrogens with two attached hydrogens (primary N) is 2. The Kier molecular flexibility index (Phi) is 15.3. The molecule has 0 saturated heterocycles. The zero-order chi connectivity index (χ0) is 15.8. The number of nitrogens with one attached hydrogen (secondary N) is 1. The van der Waals surface area contributed by atoms with Crippen LogP contribution in [-0.4, -0.2) is 25.0 Å². The molecule has 126 valence electrons. The number of carbonyl (C=O) groups excluding carboxylic acids is 1. The molecule has 1 atom stereocenters. The van der Waals surface area contributed by atoms with E-state index in [4.69, 9.17) is 11.5 Å². The Morgan fingerprint density at radius 3 is 1.71 bits per heavy atom. The van der Waals surface area contributed by atoms with E-state index in [1.165, 1.54) is 70.6 Å². The van der Waals surface area contributed by atoms with Gasteiger partial charge in [0.05, 0.1) is 6.04 Å². The molecule has 1 amide bonds. The fraction of sp³-hybridized carbons (Fsp3) is 0.941. The maximum atomic E-state index is 11.4. The van der Waals surface area contributed by atoms with Crippen molar-refractivity contribution in [2.24, 2.45) is 11.5 Å². The average Bonchev–Trinajstić information content (AvgIpc) is 2.50. The molecule has 0 saturated carbocycles. The first-order valence-corrected chi connectivity index (χ1v) is 8.95. The Morgan fingerprint density at radius 2 is 1.29 bits per heavy atom. The first-order valence-electron chi connectivity index (χ1n) is 8.95. The lowest BCUT2D eigenvalue weighted by atomic mass is 10.1. The average molecular weight is 300 g/mol. The third-order valence-electron chi connectivity index (χ3n) is 3.92. The van der Waals surface area contributed by atoms with Crippen LogP contribution >= 0.6 is 0 Å². The van der Waals surface area contributed by atoms with Crippen LogP contribution in [-0.2, 0) is 4.79 Å². The third kappa shape index (κ3) is 14.1. The van der Waals surface area contributed by atoms with E-state index in [1.54, 1.807) is 0 Å². The third-order valence-corrected chi connectivity index (χ3v) is 3.92. The van der Waals surface area contributed by atoms with E-state index in [1.807, 2.05) is 0 Å². The monoisotopic (exact) mass is 299 g/mol. The second-order valence-corrected chi connectivity index (χ2v) is 6.02. The summed E-state index contributed by atoms with van der Waals surface area (Å²) in [7, 11) is 0. The van der Waals surface area contributed by atoms with Crippen LogP contribution in [0.2, 0.25) is 0 Å². The van der Waals surface area contributed by atoms with Gasteiger partial charge in [-0.15, -0.1) is 0 Å². The highest BCUT2D eigenvalue weighted by atomic mass is 16.2. The minimum atomic E-state index is -0.553. The summed E-state index contributed by atoms with van der Waals surface area (Å²) in [5.74, 6) is -0.124. The van der Waals surface area contributed by atoms with Gasteiger partial charge in [0.15, 0.2) is 0 Å². The van der Waals surface area contributed by atoms with Gasteiger partial charge in [-0.25, -0.2) is 0 Å². The van der Waals surface area contributed by atoms with Gasteiger partial charge in [-0.3, -0.25) is 4.79 Å². The molecule has 0 fully saturated rings. The molecule has 0 aromatic carbocycles. The second-order valence-electron chi connectivity index (χ2n) is 6.02. The lowest BCUT2D eigenvalue weighted by Crippen LogP contribution is -2.45. The van der Waals surface area contributed by atoms with E-state index < -0.39 is 6.04 Å². The molecule has 4 heteroatoms. The lowest BCUT2D eigenvalue weighted by molar-refractivity contribution is -0.122. The minimum absolute atomic E-state index is 0.124. The smallest absolute Gasteiger partial charge is 0.238 e. The van der Waals surface area contributed by atoms with Crippen molar-refractivity contribution in [1.29, 1.82) is 0 Å². The van der Waals surface area contributed by atoms with E-state index in [2.05, 4.69) is 12.2 Å². The Hall–Kier alpha value is -0.610. The van der Waals surface area contributed by atoms with E-state index in [0.717, 1.165) is 13.0 Å². The molecular weight excluding hydrogens is 262 g/mol. The maximum Gasteiger partial charge on any atom is 0.238 e. The van der Waals surface area contributed by atoms with Gasteiger partial charge >= 0.3 is 0 Å². The molecular formula is C17H37N3O. The molecule has 0 radical (unpaired) electrons. The van der Waals surface area contributed by atoms with E-state index >= 15 is 0 Å². The molecule has 0 aliphatic carbocycles. The Labute approximate surface area is 131 Å². The van der Waals surface area contributed by atoms with Crippen LogP contribution in [0.15, 0.2) is 0 Å². The summed E-state index contributed by atoms with van der Waals surface area (Å²) < 4.78 is 0. The predicted octanol–water partition coefficient (Wildman–Crippen LogP) is 3.09. The summed E-state index contributed by atoms with van der Waals surface area (Å²) in [6.45, 7) is 3.20. The van der Waals surface area contributed by atoms with Crippen LogP contribution in [0.4, 0.5) is 0 Å². The standard InChI is InChI=1S/C17H37N3O/c1-2-3-4-5-6-7-8-9-10-11-12-13-14-20-17(21)16(19)15-18/h16H,2-15,18-19H2,1H3,(H,20,21)/t16-/m0/s1. The minimum Gasteiger partial charge on any atom is -0.355 e. The van der Waals surface area contributed by atoms with Gasteiger partial charge < -0.3 is 16.8 Å². The van der Waals surface area contributed by atoms with Crippen LogP contribution < -0.4 is 16.8 Å². The SMILES string of the molecule is CCCCCCCCCCCCCCNC(=O)[C@@H](N)CN. The number of unbranched alkanes of at least 4 members (excludes halogenated alkanes) is 11. The summed E-state index contributed by atoms with van der Waals surface area (Å²) >= 11 is 0. The first-order chi connectivity index (χ1) is 10.2. The van der Waals surface area contributed by atoms with Gasteiger partial charge in [0, 0.05) is 13.1 Å². The fourth-order valence-electron chi connectivity index (χ4n) is 2.42. The van der Waals surface area contributed by atoms with Gasteiger partial charge in [-0.05, 0) is 6.42 Å². The molecule has 0 bridgehead atoms. The van der Waals surface area contributed by atoms with Crippen LogP contribution in [0.5, 0.6) is 0 Å². The molecule has 0 unspecified atom stereocenters. The zero-order valence-electron chi connectivity index (χ0n) is 14.0. The van der Waals surface area contributed by atoms with Gasteiger partial charge in [0.25, 0.3) is 0 Å². The molecule has 4 nitrogen and oxygen atoms in total. The summed E-state index contributed by atoms with van der Waals surface area (Å²) in [5, 5.41) is 2.82. The van der Waals surface area contributed by atoms with Crippen molar-refractivity contribution in [3.8, 4) is 0 Å². The normalized spacial score (nSPS) is 12.3. The fourth-order valence-corrected chi connectivity index (χ4v) is 2.42. The van der Waals surface area contributed by atoms with Crippen molar-refractivity contribution in [1.82, 2.24) is 5.32 Å². The number of rotatable bonds is 15. The maximum absolute atomic E-state index is 11.4. The highest BCUT2D eigenvalue weighted by Gasteiger charge is 2.09. The predicted molar refractivity (Wildman–Crippen MR) is 91.1 cm³/mol. The molecule has 0 aliphatic heterocycles. The second kappa shape index (κ2) is 15.8. The Bertz CT molecular complexity index is 234. The molecule has 0 aliphatic rings. The van der Waals surface area contributed by atoms with E-state index in [0.29, 0.717) is 0 Å². The van der Waals surface area contributed by atoms with Crippen LogP contribution in [0, 0.1) is 0 Å². The lowest BCUT2D eigenvalue weighted by Gasteiger charge is -2.09. The quantitative estimate of drug-likeness (QED) is 0.406. The highest BCUT2D eigenvalue weighted by molar-refractivity contribution is 5.81. The van der Waals surface area contributed by atoms with Gasteiger partial charge in [-0.2, -0.15) is 0 Å². The largest absolute Gasteiger partial charge is 0.355 e. The highest BCUT2D eigenvalue weighted by Crippen LogP contribution is 2.11. The number of carbonyl (C=O) groups is 1. The summed E-state index contributed by atoms with van der Waals surface area (Å²) in [5.41, 5.74) is 10.9. The van der Waals surface area contributed by atoms with Crippen molar-refractivity contribution in [3.05, 3.63) is 0 Å². The molecule has 0 aromatic heterocycles.